The van der Waals surface area contributed by atoms with Gasteiger partial charge in [0.05, 0.1) is 31.1 Å². The number of amides is 1. The fourth-order valence-electron chi connectivity index (χ4n) is 3.30. The Labute approximate surface area is 155 Å². The molecule has 0 unspecified atom stereocenters. The highest BCUT2D eigenvalue weighted by Crippen LogP contribution is 2.26. The number of aryl methyl sites for hydroxylation is 2. The molecule has 0 bridgehead atoms. The van der Waals surface area contributed by atoms with Crippen molar-refractivity contribution in [2.45, 2.75) is 20.3 Å². The van der Waals surface area contributed by atoms with E-state index in [0.717, 1.165) is 55.3 Å². The third kappa shape index (κ3) is 4.35. The van der Waals surface area contributed by atoms with Crippen LogP contribution in [0.1, 0.15) is 18.1 Å². The Morgan fingerprint density at radius 2 is 1.88 bits per heavy atom. The smallest absolute Gasteiger partial charge is 0.243 e. The average molecular weight is 353 g/mol. The molecule has 2 aromatic carbocycles. The quantitative estimate of drug-likeness (QED) is 0.835. The maximum absolute atomic E-state index is 12.5. The molecule has 5 nitrogen and oxygen atoms in total. The van der Waals surface area contributed by atoms with Crippen molar-refractivity contribution in [1.82, 2.24) is 0 Å². The summed E-state index contributed by atoms with van der Waals surface area (Å²) in [5.41, 5.74) is 5.35. The number of morpholine rings is 1. The van der Waals surface area contributed by atoms with E-state index in [1.165, 1.54) is 5.56 Å². The number of rotatable bonds is 6. The Morgan fingerprint density at radius 1 is 1.12 bits per heavy atom. The predicted octanol–water partition coefficient (Wildman–Crippen LogP) is 3.44. The first-order valence-electron chi connectivity index (χ1n) is 9.23. The lowest BCUT2D eigenvalue weighted by Gasteiger charge is -2.30. The standard InChI is InChI=1S/C21H27N3O2/c1-3-17-8-6-7-16(2)21(17)22-15-20(25)23-18-9-4-5-10-19(18)24-11-13-26-14-12-24/h4-10,22H,3,11-15H2,1-2H3,(H,23,25). The van der Waals surface area contributed by atoms with Crippen LogP contribution in [0.3, 0.4) is 0 Å². The molecular formula is C21H27N3O2. The zero-order valence-electron chi connectivity index (χ0n) is 15.5. The van der Waals surface area contributed by atoms with E-state index in [9.17, 15) is 4.79 Å². The summed E-state index contributed by atoms with van der Waals surface area (Å²) in [4.78, 5) is 14.8. The minimum absolute atomic E-state index is 0.0454. The maximum atomic E-state index is 12.5. The summed E-state index contributed by atoms with van der Waals surface area (Å²) < 4.78 is 5.42. The van der Waals surface area contributed by atoms with Gasteiger partial charge in [-0.3, -0.25) is 4.79 Å². The molecule has 138 valence electrons. The molecule has 2 N–H and O–H groups in total. The van der Waals surface area contributed by atoms with Gasteiger partial charge in [0.1, 0.15) is 0 Å². The van der Waals surface area contributed by atoms with Crippen LogP contribution in [0.5, 0.6) is 0 Å². The highest BCUT2D eigenvalue weighted by Gasteiger charge is 2.16. The number of benzene rings is 2. The van der Waals surface area contributed by atoms with Crippen LogP contribution in [0.2, 0.25) is 0 Å². The van der Waals surface area contributed by atoms with Gasteiger partial charge in [-0.05, 0) is 36.6 Å². The molecule has 1 saturated heterocycles. The fraction of sp³-hybridized carbons (Fsp3) is 0.381. The van der Waals surface area contributed by atoms with Gasteiger partial charge in [0.15, 0.2) is 0 Å². The average Bonchev–Trinajstić information content (AvgIpc) is 2.68. The molecule has 0 spiro atoms. The summed E-state index contributed by atoms with van der Waals surface area (Å²) in [5, 5.41) is 6.36. The summed E-state index contributed by atoms with van der Waals surface area (Å²) in [6.45, 7) is 7.55. The topological polar surface area (TPSA) is 53.6 Å². The van der Waals surface area contributed by atoms with E-state index in [0.29, 0.717) is 0 Å². The lowest BCUT2D eigenvalue weighted by molar-refractivity contribution is -0.114. The van der Waals surface area contributed by atoms with Crippen molar-refractivity contribution >= 4 is 23.0 Å². The van der Waals surface area contributed by atoms with Crippen molar-refractivity contribution < 1.29 is 9.53 Å². The van der Waals surface area contributed by atoms with Gasteiger partial charge in [0.2, 0.25) is 5.91 Å². The van der Waals surface area contributed by atoms with Gasteiger partial charge in [-0.1, -0.05) is 37.3 Å². The number of nitrogens with zero attached hydrogens (tertiary/aromatic N) is 1. The number of hydrogen-bond acceptors (Lipinski definition) is 4. The van der Waals surface area contributed by atoms with Crippen LogP contribution in [0.4, 0.5) is 17.1 Å². The second-order valence-electron chi connectivity index (χ2n) is 6.48. The second-order valence-corrected chi connectivity index (χ2v) is 6.48. The van der Waals surface area contributed by atoms with Crippen molar-refractivity contribution in [2.24, 2.45) is 0 Å². The van der Waals surface area contributed by atoms with Crippen LogP contribution in [-0.4, -0.2) is 38.8 Å². The minimum atomic E-state index is -0.0454. The zero-order valence-corrected chi connectivity index (χ0v) is 15.5. The molecule has 1 amide bonds. The zero-order chi connectivity index (χ0) is 18.4. The van der Waals surface area contributed by atoms with Crippen molar-refractivity contribution in [3.05, 3.63) is 53.6 Å². The van der Waals surface area contributed by atoms with Gasteiger partial charge < -0.3 is 20.3 Å². The van der Waals surface area contributed by atoms with Crippen molar-refractivity contribution in [2.75, 3.05) is 48.4 Å². The van der Waals surface area contributed by atoms with Crippen LogP contribution >= 0.6 is 0 Å². The van der Waals surface area contributed by atoms with Gasteiger partial charge in [-0.15, -0.1) is 0 Å². The third-order valence-electron chi connectivity index (χ3n) is 4.70. The lowest BCUT2D eigenvalue weighted by atomic mass is 10.1. The Morgan fingerprint density at radius 3 is 2.65 bits per heavy atom. The van der Waals surface area contributed by atoms with E-state index in [-0.39, 0.29) is 12.5 Å². The predicted molar refractivity (Wildman–Crippen MR) is 107 cm³/mol. The van der Waals surface area contributed by atoms with E-state index in [1.54, 1.807) is 0 Å². The SMILES string of the molecule is CCc1cccc(C)c1NCC(=O)Nc1ccccc1N1CCOCC1. The van der Waals surface area contributed by atoms with E-state index < -0.39 is 0 Å². The summed E-state index contributed by atoms with van der Waals surface area (Å²) in [6, 6.07) is 14.2. The monoisotopic (exact) mass is 353 g/mol. The summed E-state index contributed by atoms with van der Waals surface area (Å²) in [6.07, 6.45) is 0.936. The van der Waals surface area contributed by atoms with Crippen LogP contribution < -0.4 is 15.5 Å². The molecule has 5 heteroatoms. The van der Waals surface area contributed by atoms with E-state index in [4.69, 9.17) is 4.74 Å². The number of para-hydroxylation sites is 3. The normalized spacial score (nSPS) is 14.2. The first kappa shape index (κ1) is 18.3. The molecule has 1 aliphatic rings. The van der Waals surface area contributed by atoms with Gasteiger partial charge in [0, 0.05) is 18.8 Å². The van der Waals surface area contributed by atoms with E-state index in [1.807, 2.05) is 24.3 Å². The summed E-state index contributed by atoms with van der Waals surface area (Å²) >= 11 is 0. The van der Waals surface area contributed by atoms with Gasteiger partial charge in [-0.2, -0.15) is 0 Å². The maximum Gasteiger partial charge on any atom is 0.243 e. The fourth-order valence-corrected chi connectivity index (χ4v) is 3.30. The highest BCUT2D eigenvalue weighted by atomic mass is 16.5. The van der Waals surface area contributed by atoms with Crippen molar-refractivity contribution in [3.8, 4) is 0 Å². The largest absolute Gasteiger partial charge is 0.378 e. The number of nitrogens with one attached hydrogen (secondary N) is 2. The molecule has 1 aliphatic heterocycles. The first-order chi connectivity index (χ1) is 12.7. The Balaban J connectivity index is 1.66. The molecule has 1 heterocycles. The van der Waals surface area contributed by atoms with E-state index in [2.05, 4.69) is 47.6 Å². The molecule has 0 atom stereocenters. The van der Waals surface area contributed by atoms with Gasteiger partial charge >= 0.3 is 0 Å². The number of anilines is 3. The number of carbonyl (C=O) groups excluding carboxylic acids is 1. The van der Waals surface area contributed by atoms with Crippen molar-refractivity contribution in [3.63, 3.8) is 0 Å². The minimum Gasteiger partial charge on any atom is -0.378 e. The summed E-state index contributed by atoms with van der Waals surface area (Å²) in [7, 11) is 0. The van der Waals surface area contributed by atoms with Crippen LogP contribution in [0.25, 0.3) is 0 Å². The van der Waals surface area contributed by atoms with Crippen LogP contribution in [-0.2, 0) is 16.0 Å². The van der Waals surface area contributed by atoms with Crippen molar-refractivity contribution in [1.29, 1.82) is 0 Å². The summed E-state index contributed by atoms with van der Waals surface area (Å²) in [5.74, 6) is -0.0454. The molecular weight excluding hydrogens is 326 g/mol. The molecule has 0 radical (unpaired) electrons. The Bertz CT molecular complexity index is 755. The van der Waals surface area contributed by atoms with Gasteiger partial charge in [-0.25, -0.2) is 0 Å². The second kappa shape index (κ2) is 8.72. The van der Waals surface area contributed by atoms with Crippen LogP contribution in [0.15, 0.2) is 42.5 Å². The molecule has 1 fully saturated rings. The first-order valence-corrected chi connectivity index (χ1v) is 9.23. The third-order valence-corrected chi connectivity index (χ3v) is 4.70. The number of carbonyl (C=O) groups is 1. The Kier molecular flexibility index (Phi) is 6.12. The molecule has 26 heavy (non-hydrogen) atoms. The lowest BCUT2D eigenvalue weighted by Crippen LogP contribution is -2.37. The van der Waals surface area contributed by atoms with Crippen LogP contribution in [0, 0.1) is 6.92 Å². The number of hydrogen-bond donors (Lipinski definition) is 2. The molecule has 2 aromatic rings. The molecule has 3 rings (SSSR count). The van der Waals surface area contributed by atoms with Gasteiger partial charge in [0.25, 0.3) is 0 Å². The molecule has 0 saturated carbocycles. The Hall–Kier alpha value is -2.53. The number of ether oxygens (including phenoxy) is 1. The van der Waals surface area contributed by atoms with E-state index >= 15 is 0 Å². The molecule has 0 aromatic heterocycles. The highest BCUT2D eigenvalue weighted by molar-refractivity contribution is 5.97. The molecule has 0 aliphatic carbocycles.